The number of Topliss-reactive ketones (excluding diaryl/α,β-unsaturated/α-hetero) is 3. The number of rotatable bonds is 6. The summed E-state index contributed by atoms with van der Waals surface area (Å²) in [6, 6.07) is 0. The molecule has 0 amide bonds. The van der Waals surface area contributed by atoms with Gasteiger partial charge in [-0.25, -0.2) is 0 Å². The summed E-state index contributed by atoms with van der Waals surface area (Å²) in [4.78, 5) is 40.4. The van der Waals surface area contributed by atoms with Crippen LogP contribution in [0.4, 0.5) is 0 Å². The lowest BCUT2D eigenvalue weighted by atomic mass is 9.35. The van der Waals surface area contributed by atoms with Gasteiger partial charge >= 0.3 is 0 Å². The van der Waals surface area contributed by atoms with Crippen molar-refractivity contribution in [3.63, 3.8) is 0 Å². The van der Waals surface area contributed by atoms with Crippen molar-refractivity contribution in [1.82, 2.24) is 0 Å². The van der Waals surface area contributed by atoms with Crippen LogP contribution in [0, 0.1) is 28.6 Å². The molecule has 3 heteroatoms. The molecule has 0 N–H and O–H groups in total. The van der Waals surface area contributed by atoms with Gasteiger partial charge in [-0.1, -0.05) is 19.7 Å². The topological polar surface area (TPSA) is 51.2 Å². The molecule has 4 bridgehead atoms. The first-order valence-corrected chi connectivity index (χ1v) is 9.18. The largest absolute Gasteiger partial charge is 0.294 e. The molecule has 0 spiro atoms. The van der Waals surface area contributed by atoms with Crippen molar-refractivity contribution in [1.29, 1.82) is 0 Å². The van der Waals surface area contributed by atoms with Gasteiger partial charge in [-0.3, -0.25) is 14.4 Å². The van der Waals surface area contributed by atoms with Crippen LogP contribution in [-0.4, -0.2) is 17.3 Å². The van der Waals surface area contributed by atoms with Crippen LogP contribution in [-0.2, 0) is 14.4 Å². The second kappa shape index (κ2) is 5.62. The van der Waals surface area contributed by atoms with Gasteiger partial charge in [0, 0.05) is 0 Å². The lowest BCUT2D eigenvalue weighted by Crippen LogP contribution is -2.69. The van der Waals surface area contributed by atoms with Gasteiger partial charge in [0.15, 0.2) is 17.3 Å². The molecule has 0 radical (unpaired) electrons. The maximum absolute atomic E-state index is 13.5. The van der Waals surface area contributed by atoms with Crippen molar-refractivity contribution in [2.45, 2.75) is 52.9 Å². The third kappa shape index (κ3) is 2.14. The molecule has 2 atom stereocenters. The van der Waals surface area contributed by atoms with Gasteiger partial charge in [-0.15, -0.1) is 0 Å². The number of carbonyl (C=O) groups is 3. The first-order chi connectivity index (χ1) is 11.6. The Kier molecular flexibility index (Phi) is 4.05. The van der Waals surface area contributed by atoms with E-state index in [-0.39, 0.29) is 23.3 Å². The summed E-state index contributed by atoms with van der Waals surface area (Å²) in [5.41, 5.74) is -1.13. The normalized spacial score (nSPS) is 34.4. The molecule has 134 valence electrons. The SMILES string of the molecule is C=C(C)C(=O)C12CC3CC(CC(C3)C1(C(=O)C(=C)C)C(=O)C(=C)C)C2. The Balaban J connectivity index is 2.33. The zero-order valence-corrected chi connectivity index (χ0v) is 15.6. The van der Waals surface area contributed by atoms with Crippen LogP contribution >= 0.6 is 0 Å². The van der Waals surface area contributed by atoms with Crippen molar-refractivity contribution in [2.24, 2.45) is 28.6 Å². The van der Waals surface area contributed by atoms with E-state index in [1.54, 1.807) is 20.8 Å². The highest BCUT2D eigenvalue weighted by atomic mass is 16.2. The molecule has 0 aromatic rings. The lowest BCUT2D eigenvalue weighted by molar-refractivity contribution is -0.190. The van der Waals surface area contributed by atoms with Crippen molar-refractivity contribution >= 4 is 17.3 Å². The minimum Gasteiger partial charge on any atom is -0.294 e. The zero-order chi connectivity index (χ0) is 18.7. The van der Waals surface area contributed by atoms with Crippen LogP contribution in [0.25, 0.3) is 0 Å². The van der Waals surface area contributed by atoms with E-state index in [1.165, 1.54) is 0 Å². The molecule has 0 aromatic carbocycles. The van der Waals surface area contributed by atoms with E-state index in [2.05, 4.69) is 19.7 Å². The fourth-order valence-electron chi connectivity index (χ4n) is 6.39. The molecule has 4 rings (SSSR count). The fraction of sp³-hybridized carbons (Fsp3) is 0.591. The Bertz CT molecular complexity index is 684. The molecule has 2 unspecified atom stereocenters. The summed E-state index contributed by atoms with van der Waals surface area (Å²) in [5.74, 6) is 0.151. The third-order valence-corrected chi connectivity index (χ3v) is 6.86. The molecule has 4 fully saturated rings. The summed E-state index contributed by atoms with van der Waals surface area (Å²) in [5, 5.41) is 0. The summed E-state index contributed by atoms with van der Waals surface area (Å²) < 4.78 is 0. The van der Waals surface area contributed by atoms with E-state index in [1.807, 2.05) is 0 Å². The maximum Gasteiger partial charge on any atom is 0.173 e. The second-order valence-electron chi connectivity index (χ2n) is 8.76. The van der Waals surface area contributed by atoms with Crippen LogP contribution in [0.2, 0.25) is 0 Å². The molecule has 0 aromatic heterocycles. The molecule has 0 saturated heterocycles. The van der Waals surface area contributed by atoms with Gasteiger partial charge in [0.2, 0.25) is 0 Å². The molecular weight excluding hydrogens is 312 g/mol. The van der Waals surface area contributed by atoms with Crippen LogP contribution < -0.4 is 0 Å². The molecule has 0 heterocycles. The highest BCUT2D eigenvalue weighted by Gasteiger charge is 2.73. The Hall–Kier alpha value is -1.77. The Morgan fingerprint density at radius 2 is 1.12 bits per heavy atom. The van der Waals surface area contributed by atoms with E-state index in [4.69, 9.17) is 0 Å². The smallest absolute Gasteiger partial charge is 0.173 e. The van der Waals surface area contributed by atoms with Crippen molar-refractivity contribution in [3.05, 3.63) is 36.5 Å². The number of carbonyl (C=O) groups excluding carboxylic acids is 3. The van der Waals surface area contributed by atoms with Gasteiger partial charge in [0.25, 0.3) is 0 Å². The van der Waals surface area contributed by atoms with Gasteiger partial charge in [0.05, 0.1) is 5.41 Å². The van der Waals surface area contributed by atoms with Crippen molar-refractivity contribution < 1.29 is 14.4 Å². The first kappa shape index (κ1) is 18.0. The monoisotopic (exact) mass is 340 g/mol. The molecule has 0 aliphatic heterocycles. The predicted molar refractivity (Wildman–Crippen MR) is 97.9 cm³/mol. The number of allylic oxidation sites excluding steroid dienone is 3. The van der Waals surface area contributed by atoms with E-state index in [9.17, 15) is 14.4 Å². The molecule has 4 aliphatic rings. The zero-order valence-electron chi connectivity index (χ0n) is 15.6. The van der Waals surface area contributed by atoms with E-state index in [0.717, 1.165) is 19.3 Å². The molecular formula is C22H28O3. The van der Waals surface area contributed by atoms with Crippen molar-refractivity contribution in [3.8, 4) is 0 Å². The summed E-state index contributed by atoms with van der Waals surface area (Å²) in [7, 11) is 0. The average molecular weight is 340 g/mol. The first-order valence-electron chi connectivity index (χ1n) is 9.18. The Morgan fingerprint density at radius 1 is 0.720 bits per heavy atom. The lowest BCUT2D eigenvalue weighted by Gasteiger charge is -2.65. The van der Waals surface area contributed by atoms with E-state index < -0.39 is 10.8 Å². The minimum atomic E-state index is -1.33. The fourth-order valence-corrected chi connectivity index (χ4v) is 6.39. The Labute approximate surface area is 150 Å². The molecule has 4 aliphatic carbocycles. The second-order valence-corrected chi connectivity index (χ2v) is 8.76. The third-order valence-electron chi connectivity index (χ3n) is 6.86. The number of hydrogen-bond acceptors (Lipinski definition) is 3. The summed E-state index contributed by atoms with van der Waals surface area (Å²) in [6.45, 7) is 16.6. The Morgan fingerprint density at radius 3 is 1.48 bits per heavy atom. The number of hydrogen-bond donors (Lipinski definition) is 0. The molecule has 4 saturated carbocycles. The number of ketones is 3. The summed E-state index contributed by atoms with van der Waals surface area (Å²) in [6.07, 6.45) is 4.04. The minimum absolute atomic E-state index is 0.0875. The van der Waals surface area contributed by atoms with Gasteiger partial charge in [-0.2, -0.15) is 0 Å². The highest BCUT2D eigenvalue weighted by molar-refractivity contribution is 6.23. The van der Waals surface area contributed by atoms with Gasteiger partial charge in [0.1, 0.15) is 5.41 Å². The van der Waals surface area contributed by atoms with Crippen molar-refractivity contribution in [2.75, 3.05) is 0 Å². The van der Waals surface area contributed by atoms with Crippen LogP contribution in [0.15, 0.2) is 36.5 Å². The van der Waals surface area contributed by atoms with Crippen LogP contribution in [0.5, 0.6) is 0 Å². The standard InChI is InChI=1S/C22H28O3/c1-12(2)18(23)21-10-15-7-16(11-21)9-17(8-15)22(21,19(24)13(3)4)20(25)14(5)6/h15-17H,1,3,5,7-11H2,2,4,6H3. The van der Waals surface area contributed by atoms with Gasteiger partial charge < -0.3 is 0 Å². The maximum atomic E-state index is 13.5. The van der Waals surface area contributed by atoms with E-state index >= 15 is 0 Å². The van der Waals surface area contributed by atoms with Crippen LogP contribution in [0.1, 0.15) is 52.9 Å². The molecule has 25 heavy (non-hydrogen) atoms. The van der Waals surface area contributed by atoms with E-state index in [0.29, 0.717) is 41.4 Å². The predicted octanol–water partition coefficient (Wildman–Crippen LogP) is 4.23. The summed E-state index contributed by atoms with van der Waals surface area (Å²) >= 11 is 0. The van der Waals surface area contributed by atoms with Crippen LogP contribution in [0.3, 0.4) is 0 Å². The average Bonchev–Trinajstić information content (AvgIpc) is 2.52. The molecule has 3 nitrogen and oxygen atoms in total. The highest BCUT2D eigenvalue weighted by Crippen LogP contribution is 2.70. The van der Waals surface area contributed by atoms with Gasteiger partial charge in [-0.05, 0) is 87.3 Å². The quantitative estimate of drug-likeness (QED) is 0.537.